The third kappa shape index (κ3) is 5.74. The summed E-state index contributed by atoms with van der Waals surface area (Å²) in [7, 11) is 0. The maximum Gasteiger partial charge on any atom is 0.410 e. The van der Waals surface area contributed by atoms with E-state index in [1.54, 1.807) is 0 Å². The summed E-state index contributed by atoms with van der Waals surface area (Å²) in [6.45, 7) is 20.4. The molecule has 33 heavy (non-hydrogen) atoms. The normalized spacial score (nSPS) is 23.2. The van der Waals surface area contributed by atoms with E-state index in [1.807, 2.05) is 24.0 Å². The summed E-state index contributed by atoms with van der Waals surface area (Å²) in [5.41, 5.74) is 6.82. The third-order valence-corrected chi connectivity index (χ3v) is 7.66. The van der Waals surface area contributed by atoms with Crippen molar-refractivity contribution >= 4 is 28.8 Å². The Morgan fingerprint density at radius 3 is 2.39 bits per heavy atom. The van der Waals surface area contributed by atoms with Crippen LogP contribution in [0.1, 0.15) is 84.3 Å². The molecule has 3 nitrogen and oxygen atoms in total. The molecule has 1 aromatic rings. The first kappa shape index (κ1) is 25.6. The lowest BCUT2D eigenvalue weighted by molar-refractivity contribution is 0.0104. The Morgan fingerprint density at radius 2 is 1.88 bits per heavy atom. The van der Waals surface area contributed by atoms with Gasteiger partial charge in [-0.1, -0.05) is 74.7 Å². The lowest BCUT2D eigenvalue weighted by Gasteiger charge is -2.33. The zero-order valence-corrected chi connectivity index (χ0v) is 21.9. The first-order valence-electron chi connectivity index (χ1n) is 12.4. The highest BCUT2D eigenvalue weighted by molar-refractivity contribution is 6.30. The van der Waals surface area contributed by atoms with E-state index in [2.05, 4.69) is 46.9 Å². The number of piperidine rings is 1. The van der Waals surface area contributed by atoms with Crippen LogP contribution in [0.2, 0.25) is 5.02 Å². The molecule has 180 valence electrons. The molecule has 0 radical (unpaired) electrons. The lowest BCUT2D eigenvalue weighted by atomic mass is 9.86. The number of hydrogen-bond donors (Lipinski definition) is 0. The van der Waals surface area contributed by atoms with Crippen LogP contribution in [0.15, 0.2) is 42.5 Å². The molecule has 1 saturated carbocycles. The van der Waals surface area contributed by atoms with Gasteiger partial charge in [-0.15, -0.1) is 0 Å². The summed E-state index contributed by atoms with van der Waals surface area (Å²) >= 11 is 6.29. The molecule has 1 saturated heterocycles. The van der Waals surface area contributed by atoms with Crippen LogP contribution in [0.3, 0.4) is 0 Å². The highest BCUT2D eigenvalue weighted by atomic mass is 35.5. The lowest BCUT2D eigenvalue weighted by Crippen LogP contribution is -2.41. The number of hydrogen-bond acceptors (Lipinski definition) is 2. The molecule has 3 rings (SSSR count). The molecule has 2 fully saturated rings. The smallest absolute Gasteiger partial charge is 0.410 e. The molecule has 3 atom stereocenters. The fourth-order valence-electron chi connectivity index (χ4n) is 5.36. The fraction of sp³-hybridized carbons (Fsp3) is 0.552. The molecule has 0 bridgehead atoms. The number of amides is 1. The maximum absolute atomic E-state index is 13.1. The number of nitrogens with zero attached hydrogens (tertiary/aromatic N) is 1. The van der Waals surface area contributed by atoms with Crippen molar-refractivity contribution in [2.45, 2.75) is 78.7 Å². The molecule has 1 aromatic carbocycles. The van der Waals surface area contributed by atoms with Gasteiger partial charge in [0.15, 0.2) is 0 Å². The van der Waals surface area contributed by atoms with E-state index in [0.29, 0.717) is 24.9 Å². The summed E-state index contributed by atoms with van der Waals surface area (Å²) < 4.78 is 6.15. The fourth-order valence-corrected chi connectivity index (χ4v) is 5.53. The standard InChI is InChI=1S/C29H40ClNO2/c1-8-9-21(6)29(18-22(29)7)33-28(32)31-14-12-23(13-15-31)27(16-19(2)3)25-11-10-24(30)17-26(25)20(4)5/h10-11,17,21-22H,2,4,8-9,12-16,18H2,1,3,5-7H3. The molecule has 1 amide bonds. The molecule has 1 aliphatic carbocycles. The molecule has 3 unspecified atom stereocenters. The van der Waals surface area contributed by atoms with Crippen molar-refractivity contribution in [2.75, 3.05) is 13.1 Å². The number of allylic oxidation sites excluding steroid dienone is 3. The number of rotatable bonds is 8. The van der Waals surface area contributed by atoms with Gasteiger partial charge in [0.1, 0.15) is 5.60 Å². The first-order valence-corrected chi connectivity index (χ1v) is 12.8. The number of ether oxygens (including phenoxy) is 1. The van der Waals surface area contributed by atoms with Gasteiger partial charge in [-0.3, -0.25) is 0 Å². The number of carbonyl (C=O) groups excluding carboxylic acids is 1. The molecule has 0 aromatic heterocycles. The van der Waals surface area contributed by atoms with Crippen LogP contribution in [-0.2, 0) is 4.74 Å². The molecular weight excluding hydrogens is 430 g/mol. The van der Waals surface area contributed by atoms with Crippen molar-refractivity contribution in [1.29, 1.82) is 0 Å². The van der Waals surface area contributed by atoms with E-state index in [9.17, 15) is 4.79 Å². The summed E-state index contributed by atoms with van der Waals surface area (Å²) in [6.07, 6.45) is 5.58. The Balaban J connectivity index is 1.78. The van der Waals surface area contributed by atoms with E-state index < -0.39 is 0 Å². The minimum atomic E-state index is -0.256. The first-order chi connectivity index (χ1) is 15.6. The van der Waals surface area contributed by atoms with E-state index in [-0.39, 0.29) is 11.7 Å². The largest absolute Gasteiger partial charge is 0.442 e. The second-order valence-electron chi connectivity index (χ2n) is 10.3. The zero-order chi connectivity index (χ0) is 24.3. The van der Waals surface area contributed by atoms with Crippen LogP contribution in [-0.4, -0.2) is 29.7 Å². The molecule has 4 heteroatoms. The number of likely N-dealkylation sites (tertiary alicyclic amines) is 1. The Kier molecular flexibility index (Phi) is 8.16. The van der Waals surface area contributed by atoms with Crippen LogP contribution < -0.4 is 0 Å². The molecule has 0 spiro atoms. The Labute approximate surface area is 205 Å². The van der Waals surface area contributed by atoms with Crippen LogP contribution >= 0.6 is 11.6 Å². The van der Waals surface area contributed by atoms with Crippen molar-refractivity contribution in [3.8, 4) is 0 Å². The van der Waals surface area contributed by atoms with Crippen molar-refractivity contribution in [2.24, 2.45) is 11.8 Å². The molecular formula is C29H40ClNO2. The summed E-state index contributed by atoms with van der Waals surface area (Å²) in [5, 5.41) is 0.717. The minimum Gasteiger partial charge on any atom is -0.442 e. The van der Waals surface area contributed by atoms with Crippen molar-refractivity contribution in [1.82, 2.24) is 4.90 Å². The topological polar surface area (TPSA) is 29.5 Å². The van der Waals surface area contributed by atoms with Gasteiger partial charge in [-0.05, 0) is 80.7 Å². The van der Waals surface area contributed by atoms with Gasteiger partial charge in [0.2, 0.25) is 0 Å². The predicted molar refractivity (Wildman–Crippen MR) is 140 cm³/mol. The van der Waals surface area contributed by atoms with E-state index >= 15 is 0 Å². The summed E-state index contributed by atoms with van der Waals surface area (Å²) in [4.78, 5) is 15.0. The Bertz CT molecular complexity index is 952. The quantitative estimate of drug-likeness (QED) is 0.357. The third-order valence-electron chi connectivity index (χ3n) is 7.43. The zero-order valence-electron chi connectivity index (χ0n) is 21.1. The molecule has 1 heterocycles. The SMILES string of the molecule is C=C(C)CC(=C1CCN(C(=O)OC2(C(C)CCC)CC2C)CC1)c1ccc(Cl)cc1C(=C)C. The van der Waals surface area contributed by atoms with Crippen LogP contribution in [0, 0.1) is 11.8 Å². The monoisotopic (exact) mass is 469 g/mol. The van der Waals surface area contributed by atoms with Crippen LogP contribution in [0.5, 0.6) is 0 Å². The number of carbonyl (C=O) groups is 1. The molecule has 0 N–H and O–H groups in total. The predicted octanol–water partition coefficient (Wildman–Crippen LogP) is 8.54. The average molecular weight is 470 g/mol. The van der Waals surface area contributed by atoms with Crippen molar-refractivity contribution in [3.05, 3.63) is 58.7 Å². The van der Waals surface area contributed by atoms with Gasteiger partial charge in [0.05, 0.1) is 0 Å². The Morgan fingerprint density at radius 1 is 1.24 bits per heavy atom. The van der Waals surface area contributed by atoms with Crippen molar-refractivity contribution < 1.29 is 9.53 Å². The van der Waals surface area contributed by atoms with Gasteiger partial charge in [-0.25, -0.2) is 4.79 Å². The summed E-state index contributed by atoms with van der Waals surface area (Å²) in [6, 6.07) is 6.05. The second kappa shape index (κ2) is 10.5. The molecule has 2 aliphatic rings. The van der Waals surface area contributed by atoms with Gasteiger partial charge in [0, 0.05) is 24.0 Å². The average Bonchev–Trinajstić information content (AvgIpc) is 3.42. The van der Waals surface area contributed by atoms with Crippen molar-refractivity contribution in [3.63, 3.8) is 0 Å². The maximum atomic E-state index is 13.1. The van der Waals surface area contributed by atoms with Crippen LogP contribution in [0.4, 0.5) is 4.79 Å². The Hall–Kier alpha value is -2.00. The van der Waals surface area contributed by atoms with Gasteiger partial charge >= 0.3 is 6.09 Å². The van der Waals surface area contributed by atoms with E-state index in [0.717, 1.165) is 60.3 Å². The highest BCUT2D eigenvalue weighted by Gasteiger charge is 2.58. The number of halogens is 1. The summed E-state index contributed by atoms with van der Waals surface area (Å²) in [5.74, 6) is 0.866. The van der Waals surface area contributed by atoms with Gasteiger partial charge in [-0.2, -0.15) is 0 Å². The minimum absolute atomic E-state index is 0.142. The van der Waals surface area contributed by atoms with E-state index in [4.69, 9.17) is 16.3 Å². The highest BCUT2D eigenvalue weighted by Crippen LogP contribution is 2.53. The number of benzene rings is 1. The second-order valence-corrected chi connectivity index (χ2v) is 10.7. The van der Waals surface area contributed by atoms with E-state index in [1.165, 1.54) is 16.7 Å². The van der Waals surface area contributed by atoms with Gasteiger partial charge < -0.3 is 9.64 Å². The van der Waals surface area contributed by atoms with Crippen LogP contribution in [0.25, 0.3) is 11.1 Å². The molecule has 1 aliphatic heterocycles. The van der Waals surface area contributed by atoms with Gasteiger partial charge in [0.25, 0.3) is 0 Å².